The van der Waals surface area contributed by atoms with Crippen LogP contribution < -0.4 is 10.6 Å². The predicted octanol–water partition coefficient (Wildman–Crippen LogP) is 3.64. The van der Waals surface area contributed by atoms with Gasteiger partial charge in [0.25, 0.3) is 5.91 Å². The van der Waals surface area contributed by atoms with Crippen LogP contribution in [0.2, 0.25) is 5.02 Å². The Morgan fingerprint density at radius 1 is 1.11 bits per heavy atom. The minimum absolute atomic E-state index is 0.0197. The van der Waals surface area contributed by atoms with Crippen LogP contribution in [0.3, 0.4) is 0 Å². The number of likely N-dealkylation sites (N-methyl/N-ethyl adjacent to an activating group) is 1. The zero-order chi connectivity index (χ0) is 20.4. The van der Waals surface area contributed by atoms with Gasteiger partial charge >= 0.3 is 0 Å². The van der Waals surface area contributed by atoms with Gasteiger partial charge in [0, 0.05) is 24.5 Å². The van der Waals surface area contributed by atoms with Gasteiger partial charge in [-0.05, 0) is 43.3 Å². The molecular weight excluding hydrogens is 378 g/mol. The van der Waals surface area contributed by atoms with Crippen molar-refractivity contribution in [2.75, 3.05) is 26.2 Å². The van der Waals surface area contributed by atoms with Crippen LogP contribution in [0.4, 0.5) is 0 Å². The summed E-state index contributed by atoms with van der Waals surface area (Å²) in [6, 6.07) is 11.0. The first kappa shape index (κ1) is 22.0. The number of nitrogens with zero attached hydrogens (tertiary/aromatic N) is 1. The minimum atomic E-state index is -0.272. The van der Waals surface area contributed by atoms with Crippen LogP contribution in [0, 0.1) is 0 Å². The van der Waals surface area contributed by atoms with Crippen molar-refractivity contribution < 1.29 is 14.0 Å². The maximum atomic E-state index is 12.2. The summed E-state index contributed by atoms with van der Waals surface area (Å²) in [6.45, 7) is 6.82. The fourth-order valence-electron chi connectivity index (χ4n) is 3.09. The highest BCUT2D eigenvalue weighted by Gasteiger charge is 2.21. The van der Waals surface area contributed by atoms with E-state index in [9.17, 15) is 9.59 Å². The number of amides is 2. The van der Waals surface area contributed by atoms with Crippen LogP contribution in [-0.4, -0.2) is 42.9 Å². The first-order valence-corrected chi connectivity index (χ1v) is 10.0. The highest BCUT2D eigenvalue weighted by molar-refractivity contribution is 6.31. The lowest BCUT2D eigenvalue weighted by atomic mass is 10.0. The van der Waals surface area contributed by atoms with Gasteiger partial charge in [-0.2, -0.15) is 0 Å². The van der Waals surface area contributed by atoms with E-state index in [1.807, 2.05) is 24.3 Å². The number of hydrogen-bond acceptors (Lipinski definition) is 4. The number of carbonyl (C=O) groups excluding carboxylic acids is 2. The summed E-state index contributed by atoms with van der Waals surface area (Å²) in [5.41, 5.74) is 1.01. The quantitative estimate of drug-likeness (QED) is 0.559. The Bertz CT molecular complexity index is 745. The van der Waals surface area contributed by atoms with E-state index in [2.05, 4.69) is 29.4 Å². The molecule has 0 saturated heterocycles. The van der Waals surface area contributed by atoms with Gasteiger partial charge in [0.15, 0.2) is 5.76 Å². The molecule has 1 heterocycles. The van der Waals surface area contributed by atoms with Crippen LogP contribution in [0.5, 0.6) is 0 Å². The fourth-order valence-corrected chi connectivity index (χ4v) is 3.35. The third-order valence-corrected chi connectivity index (χ3v) is 4.97. The Balaban J connectivity index is 1.81. The summed E-state index contributed by atoms with van der Waals surface area (Å²) < 4.78 is 5.03. The van der Waals surface area contributed by atoms with E-state index in [1.54, 1.807) is 12.1 Å². The Morgan fingerprint density at radius 2 is 1.86 bits per heavy atom. The van der Waals surface area contributed by atoms with Gasteiger partial charge < -0.3 is 15.1 Å². The molecular formula is C21H28ClN3O3. The Kier molecular flexibility index (Phi) is 9.04. The van der Waals surface area contributed by atoms with E-state index >= 15 is 0 Å². The molecule has 0 bridgehead atoms. The molecule has 28 heavy (non-hydrogen) atoms. The summed E-state index contributed by atoms with van der Waals surface area (Å²) in [6.07, 6.45) is 2.35. The van der Waals surface area contributed by atoms with Crippen LogP contribution in [-0.2, 0) is 4.79 Å². The number of rotatable bonds is 11. The van der Waals surface area contributed by atoms with E-state index in [0.717, 1.165) is 18.7 Å². The number of furan rings is 1. The lowest BCUT2D eigenvalue weighted by Crippen LogP contribution is -2.38. The molecule has 0 radical (unpaired) electrons. The molecule has 1 atom stereocenters. The summed E-state index contributed by atoms with van der Waals surface area (Å²) in [5.74, 6) is -0.0477. The zero-order valence-corrected chi connectivity index (χ0v) is 17.2. The Labute approximate surface area is 171 Å². The van der Waals surface area contributed by atoms with Crippen LogP contribution in [0.1, 0.15) is 48.8 Å². The van der Waals surface area contributed by atoms with E-state index in [4.69, 9.17) is 16.0 Å². The van der Waals surface area contributed by atoms with Crippen molar-refractivity contribution in [3.05, 3.63) is 59.0 Å². The molecule has 2 N–H and O–H groups in total. The number of carbonyl (C=O) groups is 2. The summed E-state index contributed by atoms with van der Waals surface area (Å²) in [5, 5.41) is 6.44. The average Bonchev–Trinajstić information content (AvgIpc) is 3.24. The molecule has 0 fully saturated rings. The molecule has 2 amide bonds. The third kappa shape index (κ3) is 6.39. The number of nitrogens with one attached hydrogen (secondary N) is 2. The topological polar surface area (TPSA) is 74.6 Å². The lowest BCUT2D eigenvalue weighted by Gasteiger charge is -2.31. The van der Waals surface area contributed by atoms with Crippen molar-refractivity contribution in [2.24, 2.45) is 0 Å². The van der Waals surface area contributed by atoms with Gasteiger partial charge in [0.2, 0.25) is 5.91 Å². The Morgan fingerprint density at radius 3 is 2.50 bits per heavy atom. The molecule has 1 unspecified atom stereocenters. The van der Waals surface area contributed by atoms with Gasteiger partial charge in [0.1, 0.15) is 0 Å². The molecule has 1 aromatic heterocycles. The third-order valence-electron chi connectivity index (χ3n) is 4.62. The second-order valence-electron chi connectivity index (χ2n) is 6.40. The van der Waals surface area contributed by atoms with Gasteiger partial charge in [-0.1, -0.05) is 43.6 Å². The van der Waals surface area contributed by atoms with Gasteiger partial charge in [-0.15, -0.1) is 0 Å². The predicted molar refractivity (Wildman–Crippen MR) is 110 cm³/mol. The monoisotopic (exact) mass is 405 g/mol. The molecule has 0 aliphatic heterocycles. The average molecular weight is 406 g/mol. The number of hydrogen-bond donors (Lipinski definition) is 2. The molecule has 1 aromatic carbocycles. The van der Waals surface area contributed by atoms with Crippen LogP contribution in [0.25, 0.3) is 0 Å². The maximum absolute atomic E-state index is 12.2. The molecule has 0 aliphatic carbocycles. The smallest absolute Gasteiger partial charge is 0.286 e. The normalized spacial score (nSPS) is 12.0. The largest absolute Gasteiger partial charge is 0.459 e. The van der Waals surface area contributed by atoms with Crippen molar-refractivity contribution in [1.29, 1.82) is 0 Å². The van der Waals surface area contributed by atoms with Crippen molar-refractivity contribution in [3.8, 4) is 0 Å². The van der Waals surface area contributed by atoms with Crippen LogP contribution >= 0.6 is 11.6 Å². The molecule has 2 aromatic rings. The summed E-state index contributed by atoms with van der Waals surface area (Å²) in [4.78, 5) is 26.3. The molecule has 6 nitrogen and oxygen atoms in total. The van der Waals surface area contributed by atoms with Gasteiger partial charge in [-0.3, -0.25) is 14.5 Å². The minimum Gasteiger partial charge on any atom is -0.459 e. The molecule has 0 spiro atoms. The van der Waals surface area contributed by atoms with Crippen molar-refractivity contribution in [1.82, 2.24) is 15.5 Å². The number of halogens is 1. The first-order valence-electron chi connectivity index (χ1n) is 9.63. The van der Waals surface area contributed by atoms with E-state index in [0.29, 0.717) is 31.0 Å². The molecule has 7 heteroatoms. The Hall–Kier alpha value is -2.31. The van der Waals surface area contributed by atoms with Gasteiger partial charge in [0.05, 0.1) is 12.3 Å². The van der Waals surface area contributed by atoms with E-state index in [1.165, 1.54) is 6.26 Å². The number of benzene rings is 1. The molecule has 0 saturated carbocycles. The standard InChI is InChI=1S/C21H28ClN3O3/c1-3-25(4-2)18(16-9-5-6-10-17(16)22)15-24-20(26)12-7-13-23-21(27)19-11-8-14-28-19/h5-6,8-11,14,18H,3-4,7,12-13,15H2,1-2H3,(H,23,27)(H,24,26). The summed E-state index contributed by atoms with van der Waals surface area (Å²) in [7, 11) is 0. The van der Waals surface area contributed by atoms with E-state index < -0.39 is 0 Å². The molecule has 0 aliphatic rings. The van der Waals surface area contributed by atoms with E-state index in [-0.39, 0.29) is 23.6 Å². The highest BCUT2D eigenvalue weighted by atomic mass is 35.5. The maximum Gasteiger partial charge on any atom is 0.286 e. The fraction of sp³-hybridized carbons (Fsp3) is 0.429. The van der Waals surface area contributed by atoms with Crippen LogP contribution in [0.15, 0.2) is 47.1 Å². The molecule has 152 valence electrons. The molecule has 2 rings (SSSR count). The SMILES string of the molecule is CCN(CC)C(CNC(=O)CCCNC(=O)c1ccco1)c1ccccc1Cl. The highest BCUT2D eigenvalue weighted by Crippen LogP contribution is 2.26. The first-order chi connectivity index (χ1) is 13.6. The van der Waals surface area contributed by atoms with Crippen molar-refractivity contribution in [2.45, 2.75) is 32.7 Å². The summed E-state index contributed by atoms with van der Waals surface area (Å²) >= 11 is 6.38. The second kappa shape index (κ2) is 11.5. The zero-order valence-electron chi connectivity index (χ0n) is 16.4. The lowest BCUT2D eigenvalue weighted by molar-refractivity contribution is -0.121. The van der Waals surface area contributed by atoms with Gasteiger partial charge in [-0.25, -0.2) is 0 Å². The van der Waals surface area contributed by atoms with Crippen molar-refractivity contribution >= 4 is 23.4 Å². The second-order valence-corrected chi connectivity index (χ2v) is 6.81. The van der Waals surface area contributed by atoms with Crippen molar-refractivity contribution in [3.63, 3.8) is 0 Å².